The molecule has 0 aromatic heterocycles. The third-order valence-corrected chi connectivity index (χ3v) is 3.66. The minimum absolute atomic E-state index is 0.547. The predicted molar refractivity (Wildman–Crippen MR) is 72.9 cm³/mol. The van der Waals surface area contributed by atoms with Crippen LogP contribution in [0.5, 0.6) is 0 Å². The SMILES string of the molecule is CCCN1CC(C)NCc2cccc(Br)c21. The summed E-state index contributed by atoms with van der Waals surface area (Å²) >= 11 is 3.68. The summed E-state index contributed by atoms with van der Waals surface area (Å²) in [4.78, 5) is 2.49. The zero-order valence-corrected chi connectivity index (χ0v) is 11.5. The monoisotopic (exact) mass is 282 g/mol. The fourth-order valence-electron chi connectivity index (χ4n) is 2.30. The van der Waals surface area contributed by atoms with Gasteiger partial charge in [-0.2, -0.15) is 0 Å². The maximum Gasteiger partial charge on any atom is 0.0556 e. The molecule has 3 heteroatoms. The third kappa shape index (κ3) is 2.41. The highest BCUT2D eigenvalue weighted by molar-refractivity contribution is 9.10. The molecule has 0 spiro atoms. The molecule has 0 aliphatic carbocycles. The number of rotatable bonds is 2. The van der Waals surface area contributed by atoms with Crippen LogP contribution in [0.1, 0.15) is 25.8 Å². The average molecular weight is 283 g/mol. The van der Waals surface area contributed by atoms with Gasteiger partial charge in [0.25, 0.3) is 0 Å². The number of benzene rings is 1. The minimum atomic E-state index is 0.547. The van der Waals surface area contributed by atoms with E-state index in [0.717, 1.165) is 19.6 Å². The lowest BCUT2D eigenvalue weighted by Crippen LogP contribution is -2.36. The second kappa shape index (κ2) is 5.19. The minimum Gasteiger partial charge on any atom is -0.369 e. The van der Waals surface area contributed by atoms with Gasteiger partial charge in [-0.3, -0.25) is 0 Å². The fraction of sp³-hybridized carbons (Fsp3) is 0.538. The topological polar surface area (TPSA) is 15.3 Å². The van der Waals surface area contributed by atoms with Gasteiger partial charge >= 0.3 is 0 Å². The first-order valence-electron chi connectivity index (χ1n) is 5.98. The highest BCUT2D eigenvalue weighted by Gasteiger charge is 2.20. The molecule has 88 valence electrons. The van der Waals surface area contributed by atoms with Crippen LogP contribution < -0.4 is 10.2 Å². The van der Waals surface area contributed by atoms with Crippen LogP contribution >= 0.6 is 15.9 Å². The first-order valence-corrected chi connectivity index (χ1v) is 6.77. The van der Waals surface area contributed by atoms with Crippen LogP contribution in [-0.4, -0.2) is 19.1 Å². The van der Waals surface area contributed by atoms with Crippen LogP contribution in [0.25, 0.3) is 0 Å². The lowest BCUT2D eigenvalue weighted by molar-refractivity contribution is 0.552. The van der Waals surface area contributed by atoms with E-state index in [4.69, 9.17) is 0 Å². The first-order chi connectivity index (χ1) is 7.72. The van der Waals surface area contributed by atoms with Crippen molar-refractivity contribution in [2.24, 2.45) is 0 Å². The maximum absolute atomic E-state index is 3.68. The smallest absolute Gasteiger partial charge is 0.0556 e. The van der Waals surface area contributed by atoms with E-state index in [2.05, 4.69) is 58.2 Å². The summed E-state index contributed by atoms with van der Waals surface area (Å²) in [6.07, 6.45) is 1.19. The van der Waals surface area contributed by atoms with Gasteiger partial charge in [-0.1, -0.05) is 19.1 Å². The van der Waals surface area contributed by atoms with Gasteiger partial charge in [0.1, 0.15) is 0 Å². The Kier molecular flexibility index (Phi) is 3.87. The van der Waals surface area contributed by atoms with Crippen molar-refractivity contribution in [3.8, 4) is 0 Å². The molecule has 1 unspecified atom stereocenters. The molecule has 0 saturated carbocycles. The molecule has 0 radical (unpaired) electrons. The Labute approximate surface area is 106 Å². The zero-order valence-electron chi connectivity index (χ0n) is 9.96. The molecule has 1 aliphatic heterocycles. The Balaban J connectivity index is 2.38. The molecule has 1 heterocycles. The van der Waals surface area contributed by atoms with Gasteiger partial charge in [-0.25, -0.2) is 0 Å². The Morgan fingerprint density at radius 3 is 3.06 bits per heavy atom. The largest absolute Gasteiger partial charge is 0.369 e. The summed E-state index contributed by atoms with van der Waals surface area (Å²) in [6, 6.07) is 7.02. The molecule has 1 aromatic rings. The van der Waals surface area contributed by atoms with E-state index in [1.807, 2.05) is 0 Å². The molecular formula is C13H19BrN2. The lowest BCUT2D eigenvalue weighted by Gasteiger charge is -2.27. The Hall–Kier alpha value is -0.540. The van der Waals surface area contributed by atoms with Crippen molar-refractivity contribution < 1.29 is 0 Å². The molecule has 0 fully saturated rings. The molecule has 1 aliphatic rings. The van der Waals surface area contributed by atoms with E-state index in [1.54, 1.807) is 0 Å². The van der Waals surface area contributed by atoms with Crippen LogP contribution in [0.15, 0.2) is 22.7 Å². The van der Waals surface area contributed by atoms with Gasteiger partial charge in [0.05, 0.1) is 5.69 Å². The number of nitrogens with zero attached hydrogens (tertiary/aromatic N) is 1. The van der Waals surface area contributed by atoms with Gasteiger partial charge in [0, 0.05) is 30.1 Å². The van der Waals surface area contributed by atoms with Crippen molar-refractivity contribution in [1.29, 1.82) is 0 Å². The average Bonchev–Trinajstić information content (AvgIpc) is 2.40. The molecule has 1 N–H and O–H groups in total. The molecule has 0 amide bonds. The number of nitrogens with one attached hydrogen (secondary N) is 1. The maximum atomic E-state index is 3.68. The van der Waals surface area contributed by atoms with E-state index in [1.165, 1.54) is 22.1 Å². The van der Waals surface area contributed by atoms with Crippen LogP contribution in [0.4, 0.5) is 5.69 Å². The summed E-state index contributed by atoms with van der Waals surface area (Å²) in [5.41, 5.74) is 2.77. The van der Waals surface area contributed by atoms with E-state index in [9.17, 15) is 0 Å². The van der Waals surface area contributed by atoms with Gasteiger partial charge in [-0.05, 0) is 40.9 Å². The molecule has 0 saturated heterocycles. The van der Waals surface area contributed by atoms with E-state index < -0.39 is 0 Å². The number of fused-ring (bicyclic) bond motifs is 1. The lowest BCUT2D eigenvalue weighted by atomic mass is 10.1. The first kappa shape index (κ1) is 11.9. The second-order valence-corrected chi connectivity index (χ2v) is 5.33. The summed E-state index contributed by atoms with van der Waals surface area (Å²) in [7, 11) is 0. The Morgan fingerprint density at radius 1 is 1.50 bits per heavy atom. The number of halogens is 1. The molecule has 1 atom stereocenters. The van der Waals surface area contributed by atoms with E-state index >= 15 is 0 Å². The van der Waals surface area contributed by atoms with Crippen LogP contribution in [0, 0.1) is 0 Å². The van der Waals surface area contributed by atoms with Gasteiger partial charge < -0.3 is 10.2 Å². The summed E-state index contributed by atoms with van der Waals surface area (Å²) in [5, 5.41) is 3.55. The molecule has 2 nitrogen and oxygen atoms in total. The highest BCUT2D eigenvalue weighted by atomic mass is 79.9. The van der Waals surface area contributed by atoms with Gasteiger partial charge in [0.2, 0.25) is 0 Å². The number of hydrogen-bond donors (Lipinski definition) is 1. The summed E-state index contributed by atoms with van der Waals surface area (Å²) < 4.78 is 1.22. The van der Waals surface area contributed by atoms with Gasteiger partial charge in [0.15, 0.2) is 0 Å². The number of hydrogen-bond acceptors (Lipinski definition) is 2. The number of anilines is 1. The van der Waals surface area contributed by atoms with Gasteiger partial charge in [-0.15, -0.1) is 0 Å². The highest BCUT2D eigenvalue weighted by Crippen LogP contribution is 2.32. The number of para-hydroxylation sites is 1. The Morgan fingerprint density at radius 2 is 2.31 bits per heavy atom. The van der Waals surface area contributed by atoms with Crippen LogP contribution in [-0.2, 0) is 6.54 Å². The second-order valence-electron chi connectivity index (χ2n) is 4.48. The van der Waals surface area contributed by atoms with Crippen LogP contribution in [0.3, 0.4) is 0 Å². The summed E-state index contributed by atoms with van der Waals surface area (Å²) in [6.45, 7) is 7.67. The molecule has 1 aromatic carbocycles. The summed E-state index contributed by atoms with van der Waals surface area (Å²) in [5.74, 6) is 0. The third-order valence-electron chi connectivity index (χ3n) is 3.02. The standard InChI is InChI=1S/C13H19BrN2/c1-3-7-16-9-10(2)15-8-11-5-4-6-12(14)13(11)16/h4-6,10,15H,3,7-9H2,1-2H3. The van der Waals surface area contributed by atoms with Crippen molar-refractivity contribution in [2.75, 3.05) is 18.0 Å². The molecule has 16 heavy (non-hydrogen) atoms. The molecule has 2 rings (SSSR count). The van der Waals surface area contributed by atoms with Crippen molar-refractivity contribution in [2.45, 2.75) is 32.9 Å². The predicted octanol–water partition coefficient (Wildman–Crippen LogP) is 3.16. The fourth-order valence-corrected chi connectivity index (χ4v) is 2.96. The normalized spacial score (nSPS) is 20.4. The van der Waals surface area contributed by atoms with Crippen LogP contribution in [0.2, 0.25) is 0 Å². The van der Waals surface area contributed by atoms with E-state index in [-0.39, 0.29) is 0 Å². The zero-order chi connectivity index (χ0) is 11.5. The van der Waals surface area contributed by atoms with Crippen molar-refractivity contribution in [3.05, 3.63) is 28.2 Å². The Bertz CT molecular complexity index is 365. The van der Waals surface area contributed by atoms with Crippen molar-refractivity contribution in [3.63, 3.8) is 0 Å². The van der Waals surface area contributed by atoms with E-state index in [0.29, 0.717) is 6.04 Å². The van der Waals surface area contributed by atoms with Crippen molar-refractivity contribution in [1.82, 2.24) is 5.32 Å². The molecule has 0 bridgehead atoms. The quantitative estimate of drug-likeness (QED) is 0.897. The van der Waals surface area contributed by atoms with Crippen molar-refractivity contribution >= 4 is 21.6 Å². The molecular weight excluding hydrogens is 264 g/mol.